The van der Waals surface area contributed by atoms with Gasteiger partial charge < -0.3 is 5.32 Å². The van der Waals surface area contributed by atoms with Crippen LogP contribution in [0.25, 0.3) is 0 Å². The second-order valence-corrected chi connectivity index (χ2v) is 4.67. The molecule has 0 spiro atoms. The number of carbonyl (C=O) groups excluding carboxylic acids is 1. The lowest BCUT2D eigenvalue weighted by molar-refractivity contribution is -0.136. The second kappa shape index (κ2) is 5.03. The number of halogens is 3. The average Bonchev–Trinajstić information content (AvgIpc) is 2.42. The Morgan fingerprint density at radius 1 is 1.53 bits per heavy atom. The number of Topliss-reactive ketones (excluding diaryl/α,β-unsaturated/α-hetero) is 1. The quantitative estimate of drug-likeness (QED) is 0.849. The van der Waals surface area contributed by atoms with Crippen molar-refractivity contribution in [3.05, 3.63) is 11.3 Å². The monoisotopic (exact) mass is 266 g/mol. The summed E-state index contributed by atoms with van der Waals surface area (Å²) in [7, 11) is 0. The molecule has 0 saturated heterocycles. The van der Waals surface area contributed by atoms with Crippen LogP contribution in [0, 0.1) is 6.92 Å². The fraction of sp³-hybridized carbons (Fsp3) is 0.600. The van der Waals surface area contributed by atoms with Crippen molar-refractivity contribution in [1.29, 1.82) is 0 Å². The number of alkyl halides is 3. The molecule has 1 N–H and O–H groups in total. The van der Waals surface area contributed by atoms with E-state index in [1.165, 1.54) is 13.8 Å². The molecule has 0 amide bonds. The second-order valence-electron chi connectivity index (χ2n) is 3.89. The lowest BCUT2D eigenvalue weighted by Gasteiger charge is -2.16. The highest BCUT2D eigenvalue weighted by molar-refractivity contribution is 7.10. The maximum atomic E-state index is 12.2. The number of nitrogens with zero attached hydrogens (tertiary/aromatic N) is 1. The number of ketones is 1. The maximum Gasteiger partial charge on any atom is 0.391 e. The van der Waals surface area contributed by atoms with Crippen molar-refractivity contribution < 1.29 is 18.0 Å². The molecule has 0 bridgehead atoms. The Morgan fingerprint density at radius 2 is 2.12 bits per heavy atom. The van der Waals surface area contributed by atoms with Gasteiger partial charge in [0.05, 0.1) is 17.7 Å². The number of rotatable bonds is 4. The predicted molar refractivity (Wildman–Crippen MR) is 60.6 cm³/mol. The SMILES string of the molecule is CC(=O)c1c(C)nsc1NC(C)CC(F)(F)F. The first-order valence-electron chi connectivity index (χ1n) is 5.01. The van der Waals surface area contributed by atoms with Crippen LogP contribution in [-0.4, -0.2) is 22.4 Å². The van der Waals surface area contributed by atoms with Crippen LogP contribution in [0.3, 0.4) is 0 Å². The fourth-order valence-corrected chi connectivity index (χ4v) is 2.46. The molecule has 7 heteroatoms. The standard InChI is InChI=1S/C10H13F3N2OS/c1-5(4-10(11,12)13)14-9-8(7(3)16)6(2)15-17-9/h5,14H,4H2,1-3H3. The molecule has 1 aromatic heterocycles. The molecular formula is C10H13F3N2OS. The van der Waals surface area contributed by atoms with Gasteiger partial charge in [-0.15, -0.1) is 0 Å². The summed E-state index contributed by atoms with van der Waals surface area (Å²) in [6.45, 7) is 4.45. The molecule has 1 heterocycles. The van der Waals surface area contributed by atoms with Gasteiger partial charge in [-0.05, 0) is 32.3 Å². The molecule has 0 aliphatic rings. The van der Waals surface area contributed by atoms with Gasteiger partial charge in [0.1, 0.15) is 5.00 Å². The summed E-state index contributed by atoms with van der Waals surface area (Å²) in [6, 6.07) is -0.784. The Hall–Kier alpha value is -1.11. The van der Waals surface area contributed by atoms with Gasteiger partial charge in [-0.1, -0.05) is 0 Å². The van der Waals surface area contributed by atoms with Gasteiger partial charge in [0.2, 0.25) is 0 Å². The van der Waals surface area contributed by atoms with E-state index in [9.17, 15) is 18.0 Å². The smallest absolute Gasteiger partial charge is 0.372 e. The van der Waals surface area contributed by atoms with E-state index in [1.807, 2.05) is 0 Å². The molecule has 0 saturated carbocycles. The van der Waals surface area contributed by atoms with Crippen LogP contribution in [0.4, 0.5) is 18.2 Å². The minimum absolute atomic E-state index is 0.196. The molecule has 1 aromatic rings. The van der Waals surface area contributed by atoms with Crippen molar-refractivity contribution in [2.45, 2.75) is 39.4 Å². The van der Waals surface area contributed by atoms with Crippen molar-refractivity contribution in [2.75, 3.05) is 5.32 Å². The van der Waals surface area contributed by atoms with Gasteiger partial charge in [-0.3, -0.25) is 4.79 Å². The number of carbonyl (C=O) groups is 1. The molecule has 1 atom stereocenters. The van der Waals surface area contributed by atoms with Crippen LogP contribution in [0.1, 0.15) is 36.3 Å². The van der Waals surface area contributed by atoms with E-state index >= 15 is 0 Å². The largest absolute Gasteiger partial charge is 0.391 e. The van der Waals surface area contributed by atoms with E-state index in [0.29, 0.717) is 16.3 Å². The summed E-state index contributed by atoms with van der Waals surface area (Å²) in [5.74, 6) is -0.196. The highest BCUT2D eigenvalue weighted by Gasteiger charge is 2.30. The molecule has 0 aliphatic heterocycles. The van der Waals surface area contributed by atoms with Gasteiger partial charge in [0, 0.05) is 6.04 Å². The topological polar surface area (TPSA) is 42.0 Å². The third-order valence-corrected chi connectivity index (χ3v) is 3.00. The Bertz CT molecular complexity index is 414. The Morgan fingerprint density at radius 3 is 2.59 bits per heavy atom. The Balaban J connectivity index is 2.79. The summed E-state index contributed by atoms with van der Waals surface area (Å²) in [5.41, 5.74) is 0.924. The van der Waals surface area contributed by atoms with Gasteiger partial charge >= 0.3 is 6.18 Å². The van der Waals surface area contributed by atoms with Crippen molar-refractivity contribution in [3.8, 4) is 0 Å². The highest BCUT2D eigenvalue weighted by atomic mass is 32.1. The highest BCUT2D eigenvalue weighted by Crippen LogP contribution is 2.28. The molecule has 0 aromatic carbocycles. The lowest BCUT2D eigenvalue weighted by atomic mass is 10.1. The van der Waals surface area contributed by atoms with Crippen molar-refractivity contribution >= 4 is 22.3 Å². The third kappa shape index (κ3) is 3.99. The summed E-state index contributed by atoms with van der Waals surface area (Å²) < 4.78 is 40.4. The van der Waals surface area contributed by atoms with Gasteiger partial charge in [-0.2, -0.15) is 17.5 Å². The van der Waals surface area contributed by atoms with E-state index in [-0.39, 0.29) is 5.78 Å². The first kappa shape index (κ1) is 14.0. The first-order valence-corrected chi connectivity index (χ1v) is 5.78. The number of hydrogen-bond donors (Lipinski definition) is 1. The van der Waals surface area contributed by atoms with Crippen LogP contribution >= 0.6 is 11.5 Å². The van der Waals surface area contributed by atoms with Crippen LogP contribution in [-0.2, 0) is 0 Å². The predicted octanol–water partition coefficient (Wildman–Crippen LogP) is 3.41. The van der Waals surface area contributed by atoms with E-state index in [1.54, 1.807) is 6.92 Å². The molecule has 96 valence electrons. The molecule has 1 unspecified atom stereocenters. The summed E-state index contributed by atoms with van der Waals surface area (Å²) >= 11 is 1.01. The molecule has 3 nitrogen and oxygen atoms in total. The molecule has 0 aliphatic carbocycles. The molecule has 0 fully saturated rings. The minimum Gasteiger partial charge on any atom is -0.372 e. The maximum absolute atomic E-state index is 12.2. The van der Waals surface area contributed by atoms with Crippen molar-refractivity contribution in [1.82, 2.24) is 4.37 Å². The molecule has 0 radical (unpaired) electrons. The van der Waals surface area contributed by atoms with Crippen LogP contribution in [0.5, 0.6) is 0 Å². The first-order chi connectivity index (χ1) is 7.70. The average molecular weight is 266 g/mol. The number of nitrogens with one attached hydrogen (secondary N) is 1. The van der Waals surface area contributed by atoms with Crippen LogP contribution < -0.4 is 5.32 Å². The zero-order valence-electron chi connectivity index (χ0n) is 9.68. The van der Waals surface area contributed by atoms with Crippen LogP contribution in [0.2, 0.25) is 0 Å². The number of hydrogen-bond acceptors (Lipinski definition) is 4. The summed E-state index contributed by atoms with van der Waals surface area (Å²) in [4.78, 5) is 11.3. The fourth-order valence-electron chi connectivity index (χ4n) is 1.50. The number of aryl methyl sites for hydroxylation is 1. The molecular weight excluding hydrogens is 253 g/mol. The van der Waals surface area contributed by atoms with E-state index in [0.717, 1.165) is 11.5 Å². The summed E-state index contributed by atoms with van der Waals surface area (Å²) in [6.07, 6.45) is -5.16. The zero-order valence-corrected chi connectivity index (χ0v) is 10.5. The Labute approximate surface area is 101 Å². The number of anilines is 1. The van der Waals surface area contributed by atoms with E-state index < -0.39 is 18.6 Å². The van der Waals surface area contributed by atoms with Crippen LogP contribution in [0.15, 0.2) is 0 Å². The third-order valence-electron chi connectivity index (χ3n) is 2.13. The van der Waals surface area contributed by atoms with E-state index in [4.69, 9.17) is 0 Å². The van der Waals surface area contributed by atoms with Crippen molar-refractivity contribution in [2.24, 2.45) is 0 Å². The van der Waals surface area contributed by atoms with Crippen molar-refractivity contribution in [3.63, 3.8) is 0 Å². The Kier molecular flexibility index (Phi) is 4.13. The van der Waals surface area contributed by atoms with E-state index in [2.05, 4.69) is 9.69 Å². The minimum atomic E-state index is -4.22. The lowest BCUT2D eigenvalue weighted by Crippen LogP contribution is -2.24. The normalized spacial score (nSPS) is 13.5. The molecule has 1 rings (SSSR count). The van der Waals surface area contributed by atoms with Gasteiger partial charge in [-0.25, -0.2) is 0 Å². The number of aromatic nitrogens is 1. The van der Waals surface area contributed by atoms with Gasteiger partial charge in [0.15, 0.2) is 5.78 Å². The molecule has 17 heavy (non-hydrogen) atoms. The zero-order chi connectivity index (χ0) is 13.2. The summed E-state index contributed by atoms with van der Waals surface area (Å²) in [5, 5.41) is 3.09. The van der Waals surface area contributed by atoms with Gasteiger partial charge in [0.25, 0.3) is 0 Å².